The summed E-state index contributed by atoms with van der Waals surface area (Å²) in [5, 5.41) is 3.48. The molecule has 2 aromatic rings. The molecule has 1 amide bonds. The number of carbonyl (C=O) groups is 1. The lowest BCUT2D eigenvalue weighted by molar-refractivity contribution is 0.0939. The summed E-state index contributed by atoms with van der Waals surface area (Å²) in [6, 6.07) is 11.2. The van der Waals surface area contributed by atoms with Gasteiger partial charge in [-0.25, -0.2) is 13.1 Å². The van der Waals surface area contributed by atoms with Crippen LogP contribution in [0.1, 0.15) is 41.7 Å². The van der Waals surface area contributed by atoms with E-state index in [4.69, 9.17) is 16.3 Å². The second-order valence-corrected chi connectivity index (χ2v) is 8.63. The van der Waals surface area contributed by atoms with Gasteiger partial charge in [-0.2, -0.15) is 0 Å². The van der Waals surface area contributed by atoms with Crippen LogP contribution in [0.4, 0.5) is 0 Å². The van der Waals surface area contributed by atoms with E-state index in [2.05, 4.69) is 10.0 Å². The summed E-state index contributed by atoms with van der Waals surface area (Å²) in [5.74, 6) is -0.173. The lowest BCUT2D eigenvalue weighted by atomic mass is 10.1. The van der Waals surface area contributed by atoms with E-state index in [1.807, 2.05) is 19.1 Å². The maximum Gasteiger partial charge on any atom is 0.251 e. The van der Waals surface area contributed by atoms with Gasteiger partial charge in [-0.3, -0.25) is 4.79 Å². The third-order valence-corrected chi connectivity index (χ3v) is 6.13. The van der Waals surface area contributed by atoms with Crippen LogP contribution in [0.25, 0.3) is 0 Å². The Hall–Kier alpha value is -2.09. The largest absolute Gasteiger partial charge is 0.495 e. The molecule has 1 aliphatic carbocycles. The van der Waals surface area contributed by atoms with Crippen molar-refractivity contribution in [1.29, 1.82) is 0 Å². The molecule has 0 radical (unpaired) electrons. The highest BCUT2D eigenvalue weighted by Crippen LogP contribution is 2.28. The SMILES string of the molecule is COc1ccc(C(=O)N[C@@H](C)c2ccc(Cl)cc2)cc1S(=O)(=O)NC1CC1. The Labute approximate surface area is 163 Å². The molecular weight excluding hydrogens is 388 g/mol. The lowest BCUT2D eigenvalue weighted by Crippen LogP contribution is -2.28. The molecular formula is C19H21ClN2O4S. The highest BCUT2D eigenvalue weighted by molar-refractivity contribution is 7.89. The number of sulfonamides is 1. The van der Waals surface area contributed by atoms with Crippen molar-refractivity contribution in [2.75, 3.05) is 7.11 Å². The van der Waals surface area contributed by atoms with Gasteiger partial charge in [-0.05, 0) is 55.7 Å². The molecule has 2 aromatic carbocycles. The summed E-state index contributed by atoms with van der Waals surface area (Å²) in [4.78, 5) is 12.6. The van der Waals surface area contributed by atoms with Crippen LogP contribution in [0.5, 0.6) is 5.75 Å². The molecule has 0 heterocycles. The fraction of sp³-hybridized carbons (Fsp3) is 0.316. The van der Waals surface area contributed by atoms with Gasteiger partial charge in [0.1, 0.15) is 10.6 Å². The van der Waals surface area contributed by atoms with Gasteiger partial charge >= 0.3 is 0 Å². The minimum Gasteiger partial charge on any atom is -0.495 e. The maximum atomic E-state index is 12.6. The second-order valence-electron chi connectivity index (χ2n) is 6.51. The molecule has 1 atom stereocenters. The van der Waals surface area contributed by atoms with Crippen molar-refractivity contribution in [2.24, 2.45) is 0 Å². The van der Waals surface area contributed by atoms with E-state index in [0.717, 1.165) is 18.4 Å². The quantitative estimate of drug-likeness (QED) is 0.736. The minimum atomic E-state index is -3.75. The maximum absolute atomic E-state index is 12.6. The van der Waals surface area contributed by atoms with Gasteiger partial charge in [0, 0.05) is 16.6 Å². The van der Waals surface area contributed by atoms with Crippen LogP contribution >= 0.6 is 11.6 Å². The molecule has 0 aromatic heterocycles. The van der Waals surface area contributed by atoms with E-state index in [-0.39, 0.29) is 34.2 Å². The molecule has 144 valence electrons. The van der Waals surface area contributed by atoms with Gasteiger partial charge in [0.05, 0.1) is 13.2 Å². The number of amides is 1. The monoisotopic (exact) mass is 408 g/mol. The minimum absolute atomic E-state index is 0.0382. The Morgan fingerprint density at radius 2 is 1.85 bits per heavy atom. The van der Waals surface area contributed by atoms with Gasteiger partial charge in [0.2, 0.25) is 10.0 Å². The number of halogens is 1. The molecule has 1 saturated carbocycles. The molecule has 0 spiro atoms. The zero-order valence-corrected chi connectivity index (χ0v) is 16.6. The van der Waals surface area contributed by atoms with Crippen LogP contribution in [0.3, 0.4) is 0 Å². The van der Waals surface area contributed by atoms with E-state index in [9.17, 15) is 13.2 Å². The highest BCUT2D eigenvalue weighted by atomic mass is 35.5. The van der Waals surface area contributed by atoms with E-state index in [1.165, 1.54) is 19.2 Å². The lowest BCUT2D eigenvalue weighted by Gasteiger charge is -2.16. The first-order chi connectivity index (χ1) is 12.8. The molecule has 8 heteroatoms. The Morgan fingerprint density at radius 1 is 1.19 bits per heavy atom. The van der Waals surface area contributed by atoms with Crippen LogP contribution < -0.4 is 14.8 Å². The highest BCUT2D eigenvalue weighted by Gasteiger charge is 2.30. The predicted octanol–water partition coefficient (Wildman–Crippen LogP) is 3.28. The van der Waals surface area contributed by atoms with Gasteiger partial charge < -0.3 is 10.1 Å². The summed E-state index contributed by atoms with van der Waals surface area (Å²) >= 11 is 5.89. The first-order valence-electron chi connectivity index (χ1n) is 8.57. The summed E-state index contributed by atoms with van der Waals surface area (Å²) in [5.41, 5.74) is 1.14. The van der Waals surface area contributed by atoms with Crippen molar-refractivity contribution in [3.63, 3.8) is 0 Å². The topological polar surface area (TPSA) is 84.5 Å². The third-order valence-electron chi connectivity index (χ3n) is 4.33. The number of benzene rings is 2. The van der Waals surface area contributed by atoms with Crippen molar-refractivity contribution in [3.05, 3.63) is 58.6 Å². The van der Waals surface area contributed by atoms with Crippen molar-refractivity contribution < 1.29 is 17.9 Å². The number of rotatable bonds is 7. The molecule has 6 nitrogen and oxygen atoms in total. The Kier molecular flexibility index (Phi) is 5.74. The first-order valence-corrected chi connectivity index (χ1v) is 10.4. The van der Waals surface area contributed by atoms with Crippen molar-refractivity contribution >= 4 is 27.5 Å². The Bertz CT molecular complexity index is 941. The molecule has 0 aliphatic heterocycles. The average molecular weight is 409 g/mol. The van der Waals surface area contributed by atoms with Crippen molar-refractivity contribution in [1.82, 2.24) is 10.0 Å². The fourth-order valence-electron chi connectivity index (χ4n) is 2.63. The summed E-state index contributed by atoms with van der Waals surface area (Å²) in [6.45, 7) is 1.84. The molecule has 0 unspecified atom stereocenters. The number of nitrogens with one attached hydrogen (secondary N) is 2. The molecule has 0 bridgehead atoms. The Morgan fingerprint density at radius 3 is 2.44 bits per heavy atom. The molecule has 1 fully saturated rings. The zero-order valence-electron chi connectivity index (χ0n) is 15.0. The molecule has 2 N–H and O–H groups in total. The number of ether oxygens (including phenoxy) is 1. The summed E-state index contributed by atoms with van der Waals surface area (Å²) in [7, 11) is -2.35. The summed E-state index contributed by atoms with van der Waals surface area (Å²) < 4.78 is 32.9. The number of carbonyl (C=O) groups excluding carboxylic acids is 1. The number of hydrogen-bond donors (Lipinski definition) is 2. The zero-order chi connectivity index (χ0) is 19.6. The van der Waals surface area contributed by atoms with E-state index in [0.29, 0.717) is 5.02 Å². The van der Waals surface area contributed by atoms with Gasteiger partial charge in [0.15, 0.2) is 0 Å². The molecule has 0 saturated heterocycles. The fourth-order valence-corrected chi connectivity index (χ4v) is 4.25. The van der Waals surface area contributed by atoms with Gasteiger partial charge in [-0.15, -0.1) is 0 Å². The van der Waals surface area contributed by atoms with Crippen LogP contribution in [0, 0.1) is 0 Å². The van der Waals surface area contributed by atoms with E-state index < -0.39 is 10.0 Å². The standard InChI is InChI=1S/C19H21ClN2O4S/c1-12(13-3-6-15(20)7-4-13)21-19(23)14-5-10-17(26-2)18(11-14)27(24,25)22-16-8-9-16/h3-7,10-12,16,22H,8-9H2,1-2H3,(H,21,23)/t12-/m0/s1. The van der Waals surface area contributed by atoms with Crippen LogP contribution in [-0.4, -0.2) is 27.5 Å². The normalized spacial score (nSPS) is 15.2. The van der Waals surface area contributed by atoms with Gasteiger partial charge in [0.25, 0.3) is 5.91 Å². The smallest absolute Gasteiger partial charge is 0.251 e. The van der Waals surface area contributed by atoms with Gasteiger partial charge in [-0.1, -0.05) is 23.7 Å². The molecule has 3 rings (SSSR count). The summed E-state index contributed by atoms with van der Waals surface area (Å²) in [6.07, 6.45) is 1.64. The number of hydrogen-bond acceptors (Lipinski definition) is 4. The average Bonchev–Trinajstić information content (AvgIpc) is 3.44. The van der Waals surface area contributed by atoms with Crippen LogP contribution in [0.15, 0.2) is 47.4 Å². The molecule has 27 heavy (non-hydrogen) atoms. The van der Waals surface area contributed by atoms with Crippen LogP contribution in [0.2, 0.25) is 5.02 Å². The second kappa shape index (κ2) is 7.88. The Balaban J connectivity index is 1.82. The molecule has 1 aliphatic rings. The third kappa shape index (κ3) is 4.80. The van der Waals surface area contributed by atoms with Crippen molar-refractivity contribution in [2.45, 2.75) is 36.7 Å². The van der Waals surface area contributed by atoms with E-state index >= 15 is 0 Å². The first kappa shape index (κ1) is 19.7. The van der Waals surface area contributed by atoms with E-state index in [1.54, 1.807) is 18.2 Å². The van der Waals surface area contributed by atoms with Crippen molar-refractivity contribution in [3.8, 4) is 5.75 Å². The van der Waals surface area contributed by atoms with Crippen LogP contribution in [-0.2, 0) is 10.0 Å². The number of methoxy groups -OCH3 is 1. The predicted molar refractivity (Wildman–Crippen MR) is 104 cm³/mol.